The minimum Gasteiger partial charge on any atom is -0.493 e. The fourth-order valence-electron chi connectivity index (χ4n) is 1.81. The molecule has 0 radical (unpaired) electrons. The Hall–Kier alpha value is -1.51. The van der Waals surface area contributed by atoms with E-state index in [4.69, 9.17) is 4.74 Å². The largest absolute Gasteiger partial charge is 0.493 e. The third-order valence-corrected chi connectivity index (χ3v) is 2.48. The van der Waals surface area contributed by atoms with Gasteiger partial charge in [0.05, 0.1) is 23.2 Å². The lowest BCUT2D eigenvalue weighted by atomic mass is 10.2. The monoisotopic (exact) mass is 204 g/mol. The van der Waals surface area contributed by atoms with Gasteiger partial charge in [-0.25, -0.2) is 0 Å². The minimum atomic E-state index is 0.757. The summed E-state index contributed by atoms with van der Waals surface area (Å²) in [6.07, 6.45) is 1.02. The van der Waals surface area contributed by atoms with Crippen LogP contribution in [0.15, 0.2) is 18.2 Å². The fourth-order valence-corrected chi connectivity index (χ4v) is 1.81. The van der Waals surface area contributed by atoms with Crippen molar-refractivity contribution in [3.63, 3.8) is 0 Å². The second kappa shape index (κ2) is 3.93. The van der Waals surface area contributed by atoms with Crippen molar-refractivity contribution in [3.8, 4) is 5.75 Å². The van der Waals surface area contributed by atoms with Crippen molar-refractivity contribution in [1.82, 2.24) is 9.78 Å². The van der Waals surface area contributed by atoms with Gasteiger partial charge in [-0.2, -0.15) is 5.10 Å². The summed E-state index contributed by atoms with van der Waals surface area (Å²) in [7, 11) is 1.96. The van der Waals surface area contributed by atoms with E-state index in [2.05, 4.69) is 18.1 Å². The van der Waals surface area contributed by atoms with Crippen LogP contribution in [0.4, 0.5) is 0 Å². The Morgan fingerprint density at radius 3 is 2.93 bits per heavy atom. The zero-order valence-electron chi connectivity index (χ0n) is 9.45. The molecule has 0 atom stereocenters. The van der Waals surface area contributed by atoms with Gasteiger partial charge in [-0.15, -0.1) is 0 Å². The van der Waals surface area contributed by atoms with E-state index in [-0.39, 0.29) is 0 Å². The number of nitrogens with zero attached hydrogens (tertiary/aromatic N) is 2. The van der Waals surface area contributed by atoms with Crippen molar-refractivity contribution >= 4 is 10.9 Å². The molecule has 1 heterocycles. The first-order valence-corrected chi connectivity index (χ1v) is 5.29. The Labute approximate surface area is 89.7 Å². The number of ether oxygens (including phenoxy) is 1. The summed E-state index contributed by atoms with van der Waals surface area (Å²) in [6, 6.07) is 6.08. The smallest absolute Gasteiger partial charge is 0.130 e. The molecule has 80 valence electrons. The van der Waals surface area contributed by atoms with Crippen molar-refractivity contribution in [2.75, 3.05) is 6.61 Å². The summed E-state index contributed by atoms with van der Waals surface area (Å²) >= 11 is 0. The van der Waals surface area contributed by atoms with E-state index in [1.54, 1.807) is 0 Å². The van der Waals surface area contributed by atoms with E-state index < -0.39 is 0 Å². The molecule has 0 N–H and O–H groups in total. The molecular formula is C12H16N2O. The lowest BCUT2D eigenvalue weighted by Crippen LogP contribution is -1.95. The number of hydrogen-bond donors (Lipinski definition) is 0. The van der Waals surface area contributed by atoms with Gasteiger partial charge in [0.25, 0.3) is 0 Å². The van der Waals surface area contributed by atoms with Gasteiger partial charge in [0.1, 0.15) is 5.75 Å². The highest BCUT2D eigenvalue weighted by molar-refractivity contribution is 5.88. The Morgan fingerprint density at radius 1 is 1.40 bits per heavy atom. The zero-order valence-corrected chi connectivity index (χ0v) is 9.45. The summed E-state index contributed by atoms with van der Waals surface area (Å²) in [5, 5.41) is 5.53. The number of aromatic nitrogens is 2. The molecule has 0 aliphatic heterocycles. The molecule has 0 saturated carbocycles. The maximum Gasteiger partial charge on any atom is 0.130 e. The van der Waals surface area contributed by atoms with Gasteiger partial charge < -0.3 is 4.74 Å². The maximum absolute atomic E-state index is 5.71. The minimum absolute atomic E-state index is 0.757. The Balaban J connectivity index is 2.54. The molecule has 3 heteroatoms. The zero-order chi connectivity index (χ0) is 10.8. The van der Waals surface area contributed by atoms with Crippen LogP contribution in [0.2, 0.25) is 0 Å². The van der Waals surface area contributed by atoms with E-state index in [1.165, 1.54) is 0 Å². The summed E-state index contributed by atoms with van der Waals surface area (Å²) in [4.78, 5) is 0. The van der Waals surface area contributed by atoms with Crippen LogP contribution >= 0.6 is 0 Å². The molecule has 3 nitrogen and oxygen atoms in total. The van der Waals surface area contributed by atoms with Gasteiger partial charge in [0, 0.05) is 7.05 Å². The van der Waals surface area contributed by atoms with Gasteiger partial charge in [-0.1, -0.05) is 13.0 Å². The van der Waals surface area contributed by atoms with E-state index in [1.807, 2.05) is 30.8 Å². The molecule has 0 bridgehead atoms. The van der Waals surface area contributed by atoms with Gasteiger partial charge >= 0.3 is 0 Å². The van der Waals surface area contributed by atoms with Crippen LogP contribution < -0.4 is 4.74 Å². The number of benzene rings is 1. The first-order chi connectivity index (χ1) is 7.24. The molecule has 0 unspecified atom stereocenters. The van der Waals surface area contributed by atoms with E-state index in [0.717, 1.165) is 35.4 Å². The van der Waals surface area contributed by atoms with Crippen LogP contribution in [0, 0.1) is 6.92 Å². The summed E-state index contributed by atoms with van der Waals surface area (Å²) in [5.74, 6) is 0.944. The average molecular weight is 204 g/mol. The van der Waals surface area contributed by atoms with Crippen LogP contribution in [0.1, 0.15) is 19.0 Å². The van der Waals surface area contributed by atoms with Crippen LogP contribution in [-0.4, -0.2) is 16.4 Å². The second-order valence-electron chi connectivity index (χ2n) is 3.71. The first kappa shape index (κ1) is 10.0. The van der Waals surface area contributed by atoms with E-state index in [0.29, 0.717) is 0 Å². The lowest BCUT2D eigenvalue weighted by Gasteiger charge is -2.05. The molecule has 0 aliphatic carbocycles. The lowest BCUT2D eigenvalue weighted by molar-refractivity contribution is 0.321. The third kappa shape index (κ3) is 1.69. The van der Waals surface area contributed by atoms with Crippen molar-refractivity contribution in [3.05, 3.63) is 23.9 Å². The predicted molar refractivity (Wildman–Crippen MR) is 61.2 cm³/mol. The second-order valence-corrected chi connectivity index (χ2v) is 3.71. The Bertz CT molecular complexity index is 474. The molecule has 2 rings (SSSR count). The molecule has 2 aromatic rings. The normalized spacial score (nSPS) is 10.9. The Kier molecular flexibility index (Phi) is 2.62. The van der Waals surface area contributed by atoms with Gasteiger partial charge in [-0.3, -0.25) is 4.68 Å². The van der Waals surface area contributed by atoms with Crippen LogP contribution in [0.3, 0.4) is 0 Å². The maximum atomic E-state index is 5.71. The van der Waals surface area contributed by atoms with Crippen LogP contribution in [0.25, 0.3) is 10.9 Å². The SMILES string of the molecule is CCCOc1cccc2c1c(C)nn2C. The van der Waals surface area contributed by atoms with Crippen molar-refractivity contribution in [2.24, 2.45) is 7.05 Å². The van der Waals surface area contributed by atoms with Crippen LogP contribution in [0.5, 0.6) is 5.75 Å². The van der Waals surface area contributed by atoms with Gasteiger partial charge in [0.15, 0.2) is 0 Å². The fraction of sp³-hybridized carbons (Fsp3) is 0.417. The average Bonchev–Trinajstić information content (AvgIpc) is 2.53. The molecule has 1 aromatic heterocycles. The molecule has 15 heavy (non-hydrogen) atoms. The first-order valence-electron chi connectivity index (χ1n) is 5.29. The number of aryl methyl sites for hydroxylation is 2. The third-order valence-electron chi connectivity index (χ3n) is 2.48. The summed E-state index contributed by atoms with van der Waals surface area (Å²) in [6.45, 7) is 4.88. The van der Waals surface area contributed by atoms with Gasteiger partial charge in [-0.05, 0) is 25.5 Å². The molecule has 0 aliphatic rings. The number of fused-ring (bicyclic) bond motifs is 1. The molecule has 0 amide bonds. The van der Waals surface area contributed by atoms with Crippen molar-refractivity contribution in [1.29, 1.82) is 0 Å². The molecule has 1 aromatic carbocycles. The highest BCUT2D eigenvalue weighted by Crippen LogP contribution is 2.27. The molecule has 0 saturated heterocycles. The summed E-state index contributed by atoms with van der Waals surface area (Å²) < 4.78 is 7.60. The van der Waals surface area contributed by atoms with Gasteiger partial charge in [0.2, 0.25) is 0 Å². The van der Waals surface area contributed by atoms with Crippen LogP contribution in [-0.2, 0) is 7.05 Å². The Morgan fingerprint density at radius 2 is 2.20 bits per heavy atom. The van der Waals surface area contributed by atoms with E-state index >= 15 is 0 Å². The molecule has 0 spiro atoms. The van der Waals surface area contributed by atoms with E-state index in [9.17, 15) is 0 Å². The molecular weight excluding hydrogens is 188 g/mol. The quantitative estimate of drug-likeness (QED) is 0.768. The summed E-state index contributed by atoms with van der Waals surface area (Å²) in [5.41, 5.74) is 2.15. The number of hydrogen-bond acceptors (Lipinski definition) is 2. The highest BCUT2D eigenvalue weighted by atomic mass is 16.5. The van der Waals surface area contributed by atoms with Crippen molar-refractivity contribution < 1.29 is 4.74 Å². The highest BCUT2D eigenvalue weighted by Gasteiger charge is 2.09. The standard InChI is InChI=1S/C12H16N2O/c1-4-8-15-11-7-5-6-10-12(11)9(2)13-14(10)3/h5-7H,4,8H2,1-3H3. The van der Waals surface area contributed by atoms with Crippen molar-refractivity contribution in [2.45, 2.75) is 20.3 Å². The topological polar surface area (TPSA) is 27.1 Å². The predicted octanol–water partition coefficient (Wildman–Crippen LogP) is 2.67. The molecule has 0 fully saturated rings. The number of rotatable bonds is 3.